The first-order valence-electron chi connectivity index (χ1n) is 8.47. The highest BCUT2D eigenvalue weighted by molar-refractivity contribution is 7.99. The summed E-state index contributed by atoms with van der Waals surface area (Å²) < 4.78 is 1.71. The molecule has 6 nitrogen and oxygen atoms in total. The van der Waals surface area contributed by atoms with E-state index >= 15 is 0 Å². The van der Waals surface area contributed by atoms with Gasteiger partial charge in [-0.2, -0.15) is 5.26 Å². The summed E-state index contributed by atoms with van der Waals surface area (Å²) in [6, 6.07) is 1.99. The maximum atomic E-state index is 13.0. The molecule has 0 spiro atoms. The Kier molecular flexibility index (Phi) is 5.76. The van der Waals surface area contributed by atoms with Crippen LogP contribution in [0.3, 0.4) is 0 Å². The summed E-state index contributed by atoms with van der Waals surface area (Å²) in [6.07, 6.45) is 4.24. The monoisotopic (exact) mass is 376 g/mol. The molecule has 1 aliphatic rings. The zero-order chi connectivity index (χ0) is 17.8. The van der Waals surface area contributed by atoms with Crippen LogP contribution in [-0.2, 0) is 24.2 Å². The normalized spacial score (nSPS) is 13.0. The molecule has 8 heteroatoms. The number of fused-ring (bicyclic) bond motifs is 3. The SMILES string of the molecule is CCCn1c(SCC(=O)NCCC#N)nc2sc3c(c2c1=O)CCC3. The highest BCUT2D eigenvalue weighted by Crippen LogP contribution is 2.35. The first-order chi connectivity index (χ1) is 12.2. The number of carbonyl (C=O) groups excluding carboxylic acids is 1. The average molecular weight is 377 g/mol. The van der Waals surface area contributed by atoms with Crippen molar-refractivity contribution in [1.82, 2.24) is 14.9 Å². The quantitative estimate of drug-likeness (QED) is 0.456. The third-order valence-corrected chi connectivity index (χ3v) is 6.29. The van der Waals surface area contributed by atoms with E-state index in [-0.39, 0.29) is 17.2 Å². The van der Waals surface area contributed by atoms with E-state index in [4.69, 9.17) is 10.2 Å². The van der Waals surface area contributed by atoms with Crippen LogP contribution in [0.2, 0.25) is 0 Å². The first-order valence-corrected chi connectivity index (χ1v) is 10.3. The van der Waals surface area contributed by atoms with Crippen molar-refractivity contribution >= 4 is 39.2 Å². The van der Waals surface area contributed by atoms with Crippen molar-refractivity contribution in [1.29, 1.82) is 5.26 Å². The molecular formula is C17H20N4O2S2. The van der Waals surface area contributed by atoms with Gasteiger partial charge in [0.05, 0.1) is 23.6 Å². The van der Waals surface area contributed by atoms with Gasteiger partial charge in [-0.25, -0.2) is 4.98 Å². The maximum Gasteiger partial charge on any atom is 0.263 e. The number of thioether (sulfide) groups is 1. The molecule has 0 radical (unpaired) electrons. The van der Waals surface area contributed by atoms with Crippen molar-refractivity contribution < 1.29 is 4.79 Å². The van der Waals surface area contributed by atoms with Gasteiger partial charge in [-0.15, -0.1) is 11.3 Å². The predicted molar refractivity (Wildman–Crippen MR) is 100 cm³/mol. The first kappa shape index (κ1) is 18.0. The standard InChI is InChI=1S/C17H20N4O2S2/c1-2-9-21-16(23)14-11-5-3-6-12(11)25-15(14)20-17(21)24-10-13(22)19-8-4-7-18/h2-6,8-10H2,1H3,(H,19,22). The average Bonchev–Trinajstić information content (AvgIpc) is 3.16. The lowest BCUT2D eigenvalue weighted by Gasteiger charge is -2.11. The molecule has 0 saturated carbocycles. The molecule has 132 valence electrons. The summed E-state index contributed by atoms with van der Waals surface area (Å²) in [5, 5.41) is 12.6. The number of aromatic nitrogens is 2. The number of carbonyl (C=O) groups is 1. The number of nitrogens with zero attached hydrogens (tertiary/aromatic N) is 3. The van der Waals surface area contributed by atoms with E-state index < -0.39 is 0 Å². The Morgan fingerprint density at radius 1 is 1.48 bits per heavy atom. The number of nitriles is 1. The fourth-order valence-electron chi connectivity index (χ4n) is 3.03. The van der Waals surface area contributed by atoms with Gasteiger partial charge < -0.3 is 5.32 Å². The van der Waals surface area contributed by atoms with Crippen LogP contribution in [-0.4, -0.2) is 27.8 Å². The largest absolute Gasteiger partial charge is 0.354 e. The van der Waals surface area contributed by atoms with Crippen LogP contribution in [0.15, 0.2) is 9.95 Å². The molecule has 2 aromatic rings. The van der Waals surface area contributed by atoms with Gasteiger partial charge in [-0.05, 0) is 31.2 Å². The second-order valence-corrected chi connectivity index (χ2v) is 7.96. The summed E-state index contributed by atoms with van der Waals surface area (Å²) in [4.78, 5) is 31.7. The van der Waals surface area contributed by atoms with Crippen LogP contribution in [0.25, 0.3) is 10.2 Å². The molecule has 0 bridgehead atoms. The number of nitrogens with one attached hydrogen (secondary N) is 1. The van der Waals surface area contributed by atoms with E-state index in [1.807, 2.05) is 13.0 Å². The van der Waals surface area contributed by atoms with E-state index in [0.29, 0.717) is 24.7 Å². The topological polar surface area (TPSA) is 87.8 Å². The number of amides is 1. The number of hydrogen-bond acceptors (Lipinski definition) is 6. The van der Waals surface area contributed by atoms with E-state index in [1.54, 1.807) is 15.9 Å². The van der Waals surface area contributed by atoms with Crippen molar-refractivity contribution in [3.05, 3.63) is 20.8 Å². The minimum Gasteiger partial charge on any atom is -0.354 e. The van der Waals surface area contributed by atoms with Gasteiger partial charge in [-0.1, -0.05) is 18.7 Å². The lowest BCUT2D eigenvalue weighted by Crippen LogP contribution is -2.27. The van der Waals surface area contributed by atoms with Gasteiger partial charge in [0, 0.05) is 18.0 Å². The summed E-state index contributed by atoms with van der Waals surface area (Å²) in [6.45, 7) is 2.98. The Morgan fingerprint density at radius 3 is 3.08 bits per heavy atom. The summed E-state index contributed by atoms with van der Waals surface area (Å²) in [7, 11) is 0. The van der Waals surface area contributed by atoms with Gasteiger partial charge in [0.15, 0.2) is 5.16 Å². The third kappa shape index (κ3) is 3.72. The molecule has 2 heterocycles. The highest BCUT2D eigenvalue weighted by Gasteiger charge is 2.23. The molecule has 3 rings (SSSR count). The molecule has 0 aromatic carbocycles. The molecule has 0 atom stereocenters. The van der Waals surface area contributed by atoms with Crippen molar-refractivity contribution in [3.8, 4) is 6.07 Å². The molecule has 0 saturated heterocycles. The van der Waals surface area contributed by atoms with Crippen LogP contribution in [0, 0.1) is 11.3 Å². The molecule has 1 aliphatic carbocycles. The van der Waals surface area contributed by atoms with Crippen LogP contribution >= 0.6 is 23.1 Å². The second-order valence-electron chi connectivity index (χ2n) is 5.94. The maximum absolute atomic E-state index is 13.0. The molecule has 1 amide bonds. The predicted octanol–water partition coefficient (Wildman–Crippen LogP) is 2.48. The zero-order valence-corrected chi connectivity index (χ0v) is 15.8. The molecule has 0 unspecified atom stereocenters. The van der Waals surface area contributed by atoms with Crippen molar-refractivity contribution in [3.63, 3.8) is 0 Å². The number of thiophene rings is 1. The van der Waals surface area contributed by atoms with Crippen LogP contribution in [0.5, 0.6) is 0 Å². The van der Waals surface area contributed by atoms with E-state index in [2.05, 4.69) is 5.32 Å². The van der Waals surface area contributed by atoms with Crippen LogP contribution in [0.4, 0.5) is 0 Å². The Labute approximate surface area is 154 Å². The lowest BCUT2D eigenvalue weighted by molar-refractivity contribution is -0.118. The zero-order valence-electron chi connectivity index (χ0n) is 14.1. The Morgan fingerprint density at radius 2 is 2.32 bits per heavy atom. The van der Waals surface area contributed by atoms with Crippen molar-refractivity contribution in [2.75, 3.05) is 12.3 Å². The lowest BCUT2D eigenvalue weighted by atomic mass is 10.2. The van der Waals surface area contributed by atoms with E-state index in [9.17, 15) is 9.59 Å². The molecule has 1 N–H and O–H groups in total. The molecule has 2 aromatic heterocycles. The smallest absolute Gasteiger partial charge is 0.263 e. The van der Waals surface area contributed by atoms with Crippen molar-refractivity contribution in [2.24, 2.45) is 0 Å². The molecular weight excluding hydrogens is 356 g/mol. The summed E-state index contributed by atoms with van der Waals surface area (Å²) >= 11 is 2.90. The van der Waals surface area contributed by atoms with Gasteiger partial charge in [0.1, 0.15) is 4.83 Å². The third-order valence-electron chi connectivity index (χ3n) is 4.13. The number of aryl methyl sites for hydroxylation is 2. The van der Waals surface area contributed by atoms with Crippen LogP contribution in [0.1, 0.15) is 36.6 Å². The minimum absolute atomic E-state index is 0.0265. The van der Waals surface area contributed by atoms with E-state index in [0.717, 1.165) is 35.9 Å². The van der Waals surface area contributed by atoms with Gasteiger partial charge in [-0.3, -0.25) is 14.2 Å². The van der Waals surface area contributed by atoms with E-state index in [1.165, 1.54) is 22.2 Å². The molecule has 0 fully saturated rings. The number of hydrogen-bond donors (Lipinski definition) is 1. The van der Waals surface area contributed by atoms with Crippen molar-refractivity contribution in [2.45, 2.75) is 50.7 Å². The van der Waals surface area contributed by atoms with Gasteiger partial charge in [0.25, 0.3) is 5.56 Å². The fraction of sp³-hybridized carbons (Fsp3) is 0.529. The summed E-state index contributed by atoms with van der Waals surface area (Å²) in [5.41, 5.74) is 1.21. The molecule has 0 aliphatic heterocycles. The number of rotatable bonds is 7. The summed E-state index contributed by atoms with van der Waals surface area (Å²) in [5.74, 6) is 0.0457. The van der Waals surface area contributed by atoms with Crippen LogP contribution < -0.4 is 10.9 Å². The Bertz CT molecular complexity index is 895. The fourth-order valence-corrected chi connectivity index (χ4v) is 5.19. The van der Waals surface area contributed by atoms with Gasteiger partial charge >= 0.3 is 0 Å². The van der Waals surface area contributed by atoms with Gasteiger partial charge in [0.2, 0.25) is 5.91 Å². The Balaban J connectivity index is 1.87. The Hall–Kier alpha value is -1.85. The minimum atomic E-state index is -0.147. The molecule has 25 heavy (non-hydrogen) atoms. The highest BCUT2D eigenvalue weighted by atomic mass is 32.2. The second kappa shape index (κ2) is 8.02.